The van der Waals surface area contributed by atoms with Crippen molar-refractivity contribution in [2.45, 2.75) is 18.7 Å². The molecule has 174 valence electrons. The lowest BCUT2D eigenvalue weighted by molar-refractivity contribution is -0.119. The lowest BCUT2D eigenvalue weighted by Gasteiger charge is -2.25. The third-order valence-corrected chi connectivity index (χ3v) is 7.41. The Hall–Kier alpha value is -2.74. The first-order chi connectivity index (χ1) is 15.7. The van der Waals surface area contributed by atoms with Gasteiger partial charge in [0.05, 0.1) is 27.2 Å². The van der Waals surface area contributed by atoms with E-state index in [1.807, 2.05) is 32.0 Å². The van der Waals surface area contributed by atoms with Gasteiger partial charge in [0.25, 0.3) is 10.0 Å². The Labute approximate surface area is 204 Å². The standard InChI is InChI=1S/C24H24Cl2N2O4S/c1-17-11-12-22(18(2)15-17)32-14-13-27-23(29)16-28(21-10-6-9-20(25)24(21)26)33(30,31)19-7-4-3-5-8-19/h3-12,15H,13-14,16H2,1-2H3,(H,27,29). The second-order valence-corrected chi connectivity index (χ2v) is 10.0. The quantitative estimate of drug-likeness (QED) is 0.414. The number of anilines is 1. The zero-order chi connectivity index (χ0) is 24.0. The molecule has 33 heavy (non-hydrogen) atoms. The van der Waals surface area contributed by atoms with Crippen molar-refractivity contribution in [1.82, 2.24) is 5.32 Å². The molecule has 0 aromatic heterocycles. The van der Waals surface area contributed by atoms with Gasteiger partial charge >= 0.3 is 0 Å². The first-order valence-electron chi connectivity index (χ1n) is 10.2. The Bertz CT molecular complexity index is 1230. The molecular weight excluding hydrogens is 483 g/mol. The Morgan fingerprint density at radius 1 is 1.00 bits per heavy atom. The number of carbonyl (C=O) groups is 1. The molecule has 0 bridgehead atoms. The molecule has 0 radical (unpaired) electrons. The molecule has 0 aliphatic heterocycles. The van der Waals surface area contributed by atoms with Crippen LogP contribution < -0.4 is 14.4 Å². The summed E-state index contributed by atoms with van der Waals surface area (Å²) in [5.41, 5.74) is 2.25. The van der Waals surface area contributed by atoms with Gasteiger partial charge < -0.3 is 10.1 Å². The normalized spacial score (nSPS) is 11.2. The molecule has 0 spiro atoms. The molecule has 3 aromatic carbocycles. The van der Waals surface area contributed by atoms with E-state index in [0.717, 1.165) is 21.2 Å². The van der Waals surface area contributed by atoms with Crippen LogP contribution in [0.15, 0.2) is 71.6 Å². The molecule has 0 atom stereocenters. The van der Waals surface area contributed by atoms with Crippen LogP contribution in [0.25, 0.3) is 0 Å². The minimum Gasteiger partial charge on any atom is -0.491 e. The van der Waals surface area contributed by atoms with Gasteiger partial charge in [-0.25, -0.2) is 8.42 Å². The van der Waals surface area contributed by atoms with E-state index in [-0.39, 0.29) is 33.8 Å². The molecule has 1 N–H and O–H groups in total. The van der Waals surface area contributed by atoms with Crippen LogP contribution in [0, 0.1) is 13.8 Å². The summed E-state index contributed by atoms with van der Waals surface area (Å²) in [5.74, 6) is 0.226. The number of benzene rings is 3. The number of aryl methyl sites for hydroxylation is 2. The van der Waals surface area contributed by atoms with Gasteiger partial charge in [-0.05, 0) is 49.7 Å². The second-order valence-electron chi connectivity index (χ2n) is 7.37. The van der Waals surface area contributed by atoms with Crippen molar-refractivity contribution >= 4 is 44.8 Å². The number of rotatable bonds is 9. The molecule has 0 aliphatic carbocycles. The fraction of sp³-hybridized carbons (Fsp3) is 0.208. The Morgan fingerprint density at radius 3 is 2.42 bits per heavy atom. The van der Waals surface area contributed by atoms with E-state index >= 15 is 0 Å². The molecule has 3 rings (SSSR count). The fourth-order valence-corrected chi connectivity index (χ4v) is 5.10. The summed E-state index contributed by atoms with van der Waals surface area (Å²) >= 11 is 12.4. The van der Waals surface area contributed by atoms with Gasteiger partial charge in [-0.2, -0.15) is 0 Å². The average molecular weight is 507 g/mol. The molecular formula is C24H24Cl2N2O4S. The number of amides is 1. The third-order valence-electron chi connectivity index (χ3n) is 4.83. The molecule has 0 heterocycles. The second kappa shape index (κ2) is 10.9. The van der Waals surface area contributed by atoms with Gasteiger partial charge in [-0.1, -0.05) is 65.2 Å². The summed E-state index contributed by atoms with van der Waals surface area (Å²) in [6.45, 7) is 3.91. The molecule has 0 saturated heterocycles. The maximum Gasteiger partial charge on any atom is 0.264 e. The minimum absolute atomic E-state index is 0.0343. The van der Waals surface area contributed by atoms with E-state index in [4.69, 9.17) is 27.9 Å². The largest absolute Gasteiger partial charge is 0.491 e. The van der Waals surface area contributed by atoms with Gasteiger partial charge in [0, 0.05) is 0 Å². The summed E-state index contributed by atoms with van der Waals surface area (Å²) in [5, 5.41) is 2.93. The highest BCUT2D eigenvalue weighted by Gasteiger charge is 2.29. The predicted molar refractivity (Wildman–Crippen MR) is 132 cm³/mol. The average Bonchev–Trinajstić information content (AvgIpc) is 2.79. The zero-order valence-electron chi connectivity index (χ0n) is 18.2. The van der Waals surface area contributed by atoms with Crippen LogP contribution in [0.2, 0.25) is 10.0 Å². The number of hydrogen-bond acceptors (Lipinski definition) is 4. The predicted octanol–water partition coefficient (Wildman–Crippen LogP) is 5.00. The zero-order valence-corrected chi connectivity index (χ0v) is 20.5. The highest BCUT2D eigenvalue weighted by molar-refractivity contribution is 7.92. The van der Waals surface area contributed by atoms with Crippen LogP contribution in [0.1, 0.15) is 11.1 Å². The van der Waals surface area contributed by atoms with E-state index in [1.165, 1.54) is 18.2 Å². The Kier molecular flexibility index (Phi) is 8.24. The summed E-state index contributed by atoms with van der Waals surface area (Å²) in [6.07, 6.45) is 0. The van der Waals surface area contributed by atoms with Crippen LogP contribution >= 0.6 is 23.2 Å². The van der Waals surface area contributed by atoms with E-state index < -0.39 is 22.5 Å². The van der Waals surface area contributed by atoms with Gasteiger partial charge in [0.1, 0.15) is 18.9 Å². The van der Waals surface area contributed by atoms with Crippen LogP contribution in [0.4, 0.5) is 5.69 Å². The molecule has 3 aromatic rings. The topological polar surface area (TPSA) is 75.7 Å². The van der Waals surface area contributed by atoms with Crippen LogP contribution in [-0.2, 0) is 14.8 Å². The molecule has 6 nitrogen and oxygen atoms in total. The van der Waals surface area contributed by atoms with Crippen molar-refractivity contribution < 1.29 is 17.9 Å². The van der Waals surface area contributed by atoms with E-state index in [0.29, 0.717) is 0 Å². The highest BCUT2D eigenvalue weighted by atomic mass is 35.5. The maximum absolute atomic E-state index is 13.3. The summed E-state index contributed by atoms with van der Waals surface area (Å²) in [6, 6.07) is 18.3. The van der Waals surface area contributed by atoms with Crippen LogP contribution in [0.5, 0.6) is 5.75 Å². The van der Waals surface area contributed by atoms with Crippen molar-refractivity contribution in [1.29, 1.82) is 0 Å². The highest BCUT2D eigenvalue weighted by Crippen LogP contribution is 2.35. The van der Waals surface area contributed by atoms with Crippen molar-refractivity contribution in [3.05, 3.63) is 87.9 Å². The number of carbonyl (C=O) groups excluding carboxylic acids is 1. The van der Waals surface area contributed by atoms with Crippen molar-refractivity contribution in [2.24, 2.45) is 0 Å². The lowest BCUT2D eigenvalue weighted by atomic mass is 10.1. The molecule has 1 amide bonds. The first kappa shape index (κ1) is 24.9. The number of sulfonamides is 1. The van der Waals surface area contributed by atoms with Crippen molar-refractivity contribution in [2.75, 3.05) is 24.0 Å². The number of ether oxygens (including phenoxy) is 1. The maximum atomic E-state index is 13.3. The van der Waals surface area contributed by atoms with E-state index in [1.54, 1.807) is 30.3 Å². The summed E-state index contributed by atoms with van der Waals surface area (Å²) in [4.78, 5) is 12.7. The number of halogens is 2. The van der Waals surface area contributed by atoms with Gasteiger partial charge in [0.2, 0.25) is 5.91 Å². The fourth-order valence-electron chi connectivity index (χ4n) is 3.20. The third kappa shape index (κ3) is 6.19. The van der Waals surface area contributed by atoms with Crippen molar-refractivity contribution in [3.63, 3.8) is 0 Å². The van der Waals surface area contributed by atoms with Gasteiger partial charge in [-0.15, -0.1) is 0 Å². The van der Waals surface area contributed by atoms with Gasteiger partial charge in [-0.3, -0.25) is 9.10 Å². The Balaban J connectivity index is 1.73. The smallest absolute Gasteiger partial charge is 0.264 e. The van der Waals surface area contributed by atoms with Gasteiger partial charge in [0.15, 0.2) is 0 Å². The number of nitrogens with one attached hydrogen (secondary N) is 1. The minimum atomic E-state index is -4.07. The van der Waals surface area contributed by atoms with Crippen LogP contribution in [-0.4, -0.2) is 34.0 Å². The van der Waals surface area contributed by atoms with E-state index in [9.17, 15) is 13.2 Å². The molecule has 0 aliphatic rings. The monoisotopic (exact) mass is 506 g/mol. The molecule has 0 saturated carbocycles. The molecule has 0 unspecified atom stereocenters. The SMILES string of the molecule is Cc1ccc(OCCNC(=O)CN(c2cccc(Cl)c2Cl)S(=O)(=O)c2ccccc2)c(C)c1. The lowest BCUT2D eigenvalue weighted by Crippen LogP contribution is -2.42. The summed E-state index contributed by atoms with van der Waals surface area (Å²) in [7, 11) is -4.07. The van der Waals surface area contributed by atoms with E-state index in [2.05, 4.69) is 5.32 Å². The molecule has 9 heteroatoms. The number of hydrogen-bond donors (Lipinski definition) is 1. The summed E-state index contributed by atoms with van der Waals surface area (Å²) < 4.78 is 33.3. The first-order valence-corrected chi connectivity index (χ1v) is 12.4. The van der Waals surface area contributed by atoms with Crippen molar-refractivity contribution in [3.8, 4) is 5.75 Å². The number of nitrogens with zero attached hydrogens (tertiary/aromatic N) is 1. The van der Waals surface area contributed by atoms with Crippen LogP contribution in [0.3, 0.4) is 0 Å². The molecule has 0 fully saturated rings. The Morgan fingerprint density at radius 2 is 1.73 bits per heavy atom.